The fraction of sp³-hybridized carbons (Fsp3) is 0.333. The molecule has 7 nitrogen and oxygen atoms in total. The van der Waals surface area contributed by atoms with E-state index in [1.54, 1.807) is 10.9 Å². The van der Waals surface area contributed by atoms with Crippen LogP contribution in [0.15, 0.2) is 67.0 Å². The number of para-hydroxylation sites is 2. The SMILES string of the molecule is O=C(Nc1cnn(CC2COc3ccccc3O2)c1)C1(c2ccccc2)CCOCC1. The summed E-state index contributed by atoms with van der Waals surface area (Å²) >= 11 is 0. The molecule has 3 aromatic rings. The molecule has 1 fully saturated rings. The molecule has 1 atom stereocenters. The molecule has 0 spiro atoms. The van der Waals surface area contributed by atoms with Crippen LogP contribution < -0.4 is 14.8 Å². The van der Waals surface area contributed by atoms with Crippen LogP contribution in [0, 0.1) is 0 Å². The van der Waals surface area contributed by atoms with Crippen LogP contribution in [0.5, 0.6) is 11.5 Å². The van der Waals surface area contributed by atoms with Gasteiger partial charge in [0.25, 0.3) is 0 Å². The Balaban J connectivity index is 1.27. The van der Waals surface area contributed by atoms with Crippen molar-refractivity contribution in [3.8, 4) is 11.5 Å². The quantitative estimate of drug-likeness (QED) is 0.686. The van der Waals surface area contributed by atoms with Gasteiger partial charge in [0.15, 0.2) is 17.6 Å². The average Bonchev–Trinajstić information content (AvgIpc) is 3.26. The van der Waals surface area contributed by atoms with E-state index in [0.717, 1.165) is 17.1 Å². The van der Waals surface area contributed by atoms with Crippen LogP contribution in [0.25, 0.3) is 0 Å². The van der Waals surface area contributed by atoms with Gasteiger partial charge in [-0.1, -0.05) is 42.5 Å². The molecule has 2 aromatic carbocycles. The summed E-state index contributed by atoms with van der Waals surface area (Å²) < 4.78 is 19.1. The van der Waals surface area contributed by atoms with E-state index in [2.05, 4.69) is 10.4 Å². The van der Waals surface area contributed by atoms with Crippen molar-refractivity contribution in [1.82, 2.24) is 9.78 Å². The Bertz CT molecular complexity index is 1040. The fourth-order valence-corrected chi connectivity index (χ4v) is 4.26. The second kappa shape index (κ2) is 8.43. The van der Waals surface area contributed by atoms with E-state index in [0.29, 0.717) is 44.9 Å². The molecule has 160 valence electrons. The van der Waals surface area contributed by atoms with Gasteiger partial charge in [0.1, 0.15) is 6.61 Å². The van der Waals surface area contributed by atoms with Crippen LogP contribution >= 0.6 is 0 Å². The number of hydrogen-bond donors (Lipinski definition) is 1. The molecule has 0 radical (unpaired) electrons. The number of nitrogens with one attached hydrogen (secondary N) is 1. The molecule has 1 aromatic heterocycles. The summed E-state index contributed by atoms with van der Waals surface area (Å²) in [5, 5.41) is 7.48. The van der Waals surface area contributed by atoms with E-state index in [4.69, 9.17) is 14.2 Å². The average molecular weight is 419 g/mol. The standard InChI is InChI=1S/C24H25N3O4/c28-23(24(10-12-29-13-11-24)18-6-2-1-3-7-18)26-19-14-25-27(15-19)16-20-17-30-21-8-4-5-9-22(21)31-20/h1-9,14-15,20H,10-13,16-17H2,(H,26,28). The normalized spacial score (nSPS) is 19.5. The first-order valence-corrected chi connectivity index (χ1v) is 10.6. The maximum absolute atomic E-state index is 13.4. The monoisotopic (exact) mass is 419 g/mol. The van der Waals surface area contributed by atoms with Crippen molar-refractivity contribution in [1.29, 1.82) is 0 Å². The first kappa shape index (κ1) is 19.6. The number of carbonyl (C=O) groups is 1. The number of nitrogens with zero attached hydrogens (tertiary/aromatic N) is 2. The van der Waals surface area contributed by atoms with Gasteiger partial charge in [-0.3, -0.25) is 9.48 Å². The van der Waals surface area contributed by atoms with Gasteiger partial charge in [0.2, 0.25) is 5.91 Å². The number of rotatable bonds is 5. The van der Waals surface area contributed by atoms with E-state index in [-0.39, 0.29) is 12.0 Å². The Labute approximate surface area is 180 Å². The molecule has 1 saturated heterocycles. The lowest BCUT2D eigenvalue weighted by Crippen LogP contribution is -2.44. The van der Waals surface area contributed by atoms with Crippen LogP contribution in [-0.2, 0) is 21.5 Å². The summed E-state index contributed by atoms with van der Waals surface area (Å²) in [5.74, 6) is 1.48. The molecule has 1 N–H and O–H groups in total. The van der Waals surface area contributed by atoms with Gasteiger partial charge in [0, 0.05) is 19.4 Å². The molecule has 5 rings (SSSR count). The molecule has 2 aliphatic heterocycles. The zero-order valence-electron chi connectivity index (χ0n) is 17.2. The van der Waals surface area contributed by atoms with Crippen LogP contribution in [0.2, 0.25) is 0 Å². The molecule has 31 heavy (non-hydrogen) atoms. The van der Waals surface area contributed by atoms with Crippen molar-refractivity contribution < 1.29 is 19.0 Å². The Hall–Kier alpha value is -3.32. The second-order valence-corrected chi connectivity index (χ2v) is 7.96. The third kappa shape index (κ3) is 4.01. The number of benzene rings is 2. The summed E-state index contributed by atoms with van der Waals surface area (Å²) in [6.45, 7) is 2.13. The zero-order chi connectivity index (χ0) is 21.1. The highest BCUT2D eigenvalue weighted by molar-refractivity contribution is 5.99. The fourth-order valence-electron chi connectivity index (χ4n) is 4.26. The number of amides is 1. The largest absolute Gasteiger partial charge is 0.486 e. The minimum atomic E-state index is -0.592. The highest BCUT2D eigenvalue weighted by Crippen LogP contribution is 2.36. The predicted molar refractivity (Wildman–Crippen MR) is 115 cm³/mol. The smallest absolute Gasteiger partial charge is 0.235 e. The van der Waals surface area contributed by atoms with Crippen molar-refractivity contribution in [3.05, 3.63) is 72.6 Å². The minimum absolute atomic E-state index is 0.0206. The van der Waals surface area contributed by atoms with Crippen molar-refractivity contribution in [2.75, 3.05) is 25.1 Å². The van der Waals surface area contributed by atoms with E-state index >= 15 is 0 Å². The third-order valence-electron chi connectivity index (χ3n) is 5.96. The van der Waals surface area contributed by atoms with Gasteiger partial charge < -0.3 is 19.5 Å². The van der Waals surface area contributed by atoms with Crippen molar-refractivity contribution in [3.63, 3.8) is 0 Å². The molecule has 1 unspecified atom stereocenters. The van der Waals surface area contributed by atoms with Gasteiger partial charge in [-0.2, -0.15) is 5.10 Å². The summed E-state index contributed by atoms with van der Waals surface area (Å²) in [6, 6.07) is 17.6. The van der Waals surface area contributed by atoms with E-state index in [1.807, 2.05) is 60.8 Å². The van der Waals surface area contributed by atoms with Crippen molar-refractivity contribution in [2.45, 2.75) is 30.9 Å². The van der Waals surface area contributed by atoms with Crippen LogP contribution in [0.3, 0.4) is 0 Å². The van der Waals surface area contributed by atoms with Gasteiger partial charge in [0.05, 0.1) is 23.8 Å². The number of hydrogen-bond acceptors (Lipinski definition) is 5. The molecule has 1 amide bonds. The lowest BCUT2D eigenvalue weighted by molar-refractivity contribution is -0.125. The first-order chi connectivity index (χ1) is 15.2. The number of carbonyl (C=O) groups excluding carboxylic acids is 1. The summed E-state index contributed by atoms with van der Waals surface area (Å²) in [7, 11) is 0. The maximum Gasteiger partial charge on any atom is 0.235 e. The molecule has 0 aliphatic carbocycles. The highest BCUT2D eigenvalue weighted by Gasteiger charge is 2.41. The number of anilines is 1. The van der Waals surface area contributed by atoms with E-state index in [1.165, 1.54) is 0 Å². The lowest BCUT2D eigenvalue weighted by Gasteiger charge is -2.36. The van der Waals surface area contributed by atoms with Crippen LogP contribution in [0.4, 0.5) is 5.69 Å². The number of fused-ring (bicyclic) bond motifs is 1. The lowest BCUT2D eigenvalue weighted by atomic mass is 9.73. The van der Waals surface area contributed by atoms with Crippen molar-refractivity contribution >= 4 is 11.6 Å². The van der Waals surface area contributed by atoms with E-state index < -0.39 is 5.41 Å². The Kier molecular flexibility index (Phi) is 5.34. The summed E-state index contributed by atoms with van der Waals surface area (Å²) in [6.07, 6.45) is 4.67. The molecular formula is C24H25N3O4. The van der Waals surface area contributed by atoms with Gasteiger partial charge in [-0.05, 0) is 30.5 Å². The molecule has 3 heterocycles. The Morgan fingerprint density at radius 2 is 1.81 bits per heavy atom. The summed E-state index contributed by atoms with van der Waals surface area (Å²) in [4.78, 5) is 13.4. The predicted octanol–water partition coefficient (Wildman–Crippen LogP) is 3.41. The number of aromatic nitrogens is 2. The minimum Gasteiger partial charge on any atom is -0.486 e. The first-order valence-electron chi connectivity index (χ1n) is 10.6. The van der Waals surface area contributed by atoms with Crippen LogP contribution in [0.1, 0.15) is 18.4 Å². The van der Waals surface area contributed by atoms with Gasteiger partial charge >= 0.3 is 0 Å². The molecular weight excluding hydrogens is 394 g/mol. The van der Waals surface area contributed by atoms with E-state index in [9.17, 15) is 4.79 Å². The highest BCUT2D eigenvalue weighted by atomic mass is 16.6. The second-order valence-electron chi connectivity index (χ2n) is 7.96. The Morgan fingerprint density at radius 1 is 1.06 bits per heavy atom. The Morgan fingerprint density at radius 3 is 2.61 bits per heavy atom. The van der Waals surface area contributed by atoms with Gasteiger partial charge in [-0.15, -0.1) is 0 Å². The topological polar surface area (TPSA) is 74.6 Å². The third-order valence-corrected chi connectivity index (χ3v) is 5.96. The van der Waals surface area contributed by atoms with Crippen molar-refractivity contribution in [2.24, 2.45) is 0 Å². The van der Waals surface area contributed by atoms with Gasteiger partial charge in [-0.25, -0.2) is 0 Å². The van der Waals surface area contributed by atoms with Crippen LogP contribution in [-0.4, -0.2) is 41.6 Å². The maximum atomic E-state index is 13.4. The molecule has 7 heteroatoms. The summed E-state index contributed by atoms with van der Waals surface area (Å²) in [5.41, 5.74) is 1.10. The molecule has 0 saturated carbocycles. The number of ether oxygens (including phenoxy) is 3. The molecule has 2 aliphatic rings. The molecule has 0 bridgehead atoms. The zero-order valence-corrected chi connectivity index (χ0v) is 17.2.